The van der Waals surface area contributed by atoms with Crippen molar-refractivity contribution < 1.29 is 9.53 Å². The Labute approximate surface area is 66.3 Å². The summed E-state index contributed by atoms with van der Waals surface area (Å²) in [4.78, 5) is 13.1. The minimum absolute atomic E-state index is 0.0526. The first-order chi connectivity index (χ1) is 5.36. The Morgan fingerprint density at radius 2 is 2.36 bits per heavy atom. The van der Waals surface area contributed by atoms with Crippen molar-refractivity contribution in [3.8, 4) is 0 Å². The van der Waals surface area contributed by atoms with Crippen LogP contribution in [0.4, 0.5) is 0 Å². The molecule has 2 saturated heterocycles. The number of hydrogen-bond donors (Lipinski definition) is 0. The van der Waals surface area contributed by atoms with Crippen molar-refractivity contribution in [3.63, 3.8) is 0 Å². The molecule has 2 rings (SSSR count). The van der Waals surface area contributed by atoms with Crippen LogP contribution >= 0.6 is 0 Å². The molecule has 2 aliphatic heterocycles. The van der Waals surface area contributed by atoms with Crippen LogP contribution in [0.2, 0.25) is 0 Å². The van der Waals surface area contributed by atoms with Gasteiger partial charge in [0.15, 0.2) is 0 Å². The van der Waals surface area contributed by atoms with Gasteiger partial charge in [0.2, 0.25) is 0 Å². The van der Waals surface area contributed by atoms with Gasteiger partial charge in [0, 0.05) is 6.04 Å². The van der Waals surface area contributed by atoms with Gasteiger partial charge in [0.05, 0.1) is 6.54 Å². The number of morpholine rings is 1. The van der Waals surface area contributed by atoms with E-state index in [9.17, 15) is 4.79 Å². The number of piperidine rings is 1. The number of rotatable bonds is 0. The number of fused-ring (bicyclic) bond motifs is 1. The van der Waals surface area contributed by atoms with E-state index in [1.54, 1.807) is 0 Å². The lowest BCUT2D eigenvalue weighted by Gasteiger charge is -2.37. The van der Waals surface area contributed by atoms with Crippen LogP contribution in [0, 0.1) is 0 Å². The Bertz CT molecular complexity index is 169. The number of carbonyl (C=O) groups is 1. The molecule has 0 saturated carbocycles. The van der Waals surface area contributed by atoms with Gasteiger partial charge in [-0.1, -0.05) is 6.42 Å². The number of carbonyl (C=O) groups excluding carboxylic acids is 1. The Morgan fingerprint density at radius 1 is 1.45 bits per heavy atom. The minimum atomic E-state index is -0.0526. The third-order valence-corrected chi connectivity index (χ3v) is 2.52. The summed E-state index contributed by atoms with van der Waals surface area (Å²) in [5.41, 5.74) is 0. The van der Waals surface area contributed by atoms with Crippen LogP contribution in [0.1, 0.15) is 19.3 Å². The van der Waals surface area contributed by atoms with Crippen LogP contribution in [0.25, 0.3) is 0 Å². The van der Waals surface area contributed by atoms with E-state index in [2.05, 4.69) is 4.90 Å². The highest BCUT2D eigenvalue weighted by atomic mass is 16.5. The summed E-state index contributed by atoms with van der Waals surface area (Å²) in [6.07, 6.45) is 3.73. The van der Waals surface area contributed by atoms with E-state index in [1.165, 1.54) is 19.3 Å². The summed E-state index contributed by atoms with van der Waals surface area (Å²) in [6, 6.07) is 0.529. The van der Waals surface area contributed by atoms with Gasteiger partial charge in [0.1, 0.15) is 6.61 Å². The summed E-state index contributed by atoms with van der Waals surface area (Å²) in [5.74, 6) is -0.0526. The Kier molecular flexibility index (Phi) is 1.82. The molecule has 0 radical (unpaired) electrons. The van der Waals surface area contributed by atoms with Crippen LogP contribution in [0.3, 0.4) is 0 Å². The summed E-state index contributed by atoms with van der Waals surface area (Å²) in [6.45, 7) is 2.23. The monoisotopic (exact) mass is 155 g/mol. The first kappa shape index (κ1) is 7.10. The molecule has 2 heterocycles. The molecule has 2 aliphatic rings. The van der Waals surface area contributed by atoms with Crippen LogP contribution < -0.4 is 0 Å². The average Bonchev–Trinajstić information content (AvgIpc) is 2.04. The number of hydrogen-bond acceptors (Lipinski definition) is 3. The van der Waals surface area contributed by atoms with Gasteiger partial charge < -0.3 is 4.74 Å². The molecule has 0 aliphatic carbocycles. The van der Waals surface area contributed by atoms with Crippen LogP contribution in [0.15, 0.2) is 0 Å². The van der Waals surface area contributed by atoms with Crippen LogP contribution in [-0.4, -0.2) is 36.6 Å². The second-order valence-electron chi connectivity index (χ2n) is 3.30. The quantitative estimate of drug-likeness (QED) is 0.474. The molecule has 62 valence electrons. The molecule has 0 aromatic carbocycles. The molecule has 3 nitrogen and oxygen atoms in total. The smallest absolute Gasteiger partial charge is 0.320 e. The molecule has 0 bridgehead atoms. The maximum absolute atomic E-state index is 10.9. The zero-order chi connectivity index (χ0) is 7.68. The molecule has 2 fully saturated rings. The summed E-state index contributed by atoms with van der Waals surface area (Å²) in [7, 11) is 0. The van der Waals surface area contributed by atoms with Gasteiger partial charge in [-0.15, -0.1) is 0 Å². The molecule has 0 aromatic rings. The van der Waals surface area contributed by atoms with E-state index in [0.717, 1.165) is 6.54 Å². The second kappa shape index (κ2) is 2.81. The Balaban J connectivity index is 1.98. The van der Waals surface area contributed by atoms with Crippen molar-refractivity contribution >= 4 is 5.97 Å². The molecule has 1 atom stereocenters. The largest absolute Gasteiger partial charge is 0.463 e. The lowest BCUT2D eigenvalue weighted by Crippen LogP contribution is -2.49. The van der Waals surface area contributed by atoms with Gasteiger partial charge in [-0.2, -0.15) is 0 Å². The third kappa shape index (κ3) is 1.38. The summed E-state index contributed by atoms with van der Waals surface area (Å²) < 4.78 is 4.97. The van der Waals surface area contributed by atoms with Gasteiger partial charge in [-0.05, 0) is 19.4 Å². The molecule has 0 amide bonds. The maximum Gasteiger partial charge on any atom is 0.320 e. The van der Waals surface area contributed by atoms with E-state index in [-0.39, 0.29) is 5.97 Å². The van der Waals surface area contributed by atoms with Gasteiger partial charge in [-0.3, -0.25) is 9.69 Å². The molecule has 0 spiro atoms. The molecular formula is C8H13NO2. The first-order valence-electron chi connectivity index (χ1n) is 4.26. The Hall–Kier alpha value is -0.570. The zero-order valence-electron chi connectivity index (χ0n) is 6.58. The maximum atomic E-state index is 10.9. The molecule has 0 N–H and O–H groups in total. The van der Waals surface area contributed by atoms with Gasteiger partial charge >= 0.3 is 5.97 Å². The SMILES string of the molecule is O=C1CN2CCCC[C@@H]2CO1. The second-order valence-corrected chi connectivity index (χ2v) is 3.30. The molecule has 0 unspecified atom stereocenters. The van der Waals surface area contributed by atoms with Crippen molar-refractivity contribution in [2.24, 2.45) is 0 Å². The minimum Gasteiger partial charge on any atom is -0.463 e. The number of nitrogens with zero attached hydrogens (tertiary/aromatic N) is 1. The average molecular weight is 155 g/mol. The summed E-state index contributed by atoms with van der Waals surface area (Å²) >= 11 is 0. The van der Waals surface area contributed by atoms with Crippen LogP contribution in [-0.2, 0) is 9.53 Å². The van der Waals surface area contributed by atoms with E-state index in [4.69, 9.17) is 4.74 Å². The van der Waals surface area contributed by atoms with E-state index in [0.29, 0.717) is 19.2 Å². The van der Waals surface area contributed by atoms with Crippen molar-refractivity contribution in [1.82, 2.24) is 4.90 Å². The Morgan fingerprint density at radius 3 is 3.27 bits per heavy atom. The highest BCUT2D eigenvalue weighted by Crippen LogP contribution is 2.19. The van der Waals surface area contributed by atoms with Crippen molar-refractivity contribution in [2.75, 3.05) is 19.7 Å². The molecular weight excluding hydrogens is 142 g/mol. The third-order valence-electron chi connectivity index (χ3n) is 2.52. The number of cyclic esters (lactones) is 1. The van der Waals surface area contributed by atoms with Crippen molar-refractivity contribution in [1.29, 1.82) is 0 Å². The van der Waals surface area contributed by atoms with Crippen molar-refractivity contribution in [3.05, 3.63) is 0 Å². The molecule has 3 heteroatoms. The number of esters is 1. The predicted molar refractivity (Wildman–Crippen MR) is 40.2 cm³/mol. The van der Waals surface area contributed by atoms with E-state index >= 15 is 0 Å². The lowest BCUT2D eigenvalue weighted by molar-refractivity contribution is -0.155. The normalized spacial score (nSPS) is 32.7. The highest BCUT2D eigenvalue weighted by Gasteiger charge is 2.29. The first-order valence-corrected chi connectivity index (χ1v) is 4.26. The van der Waals surface area contributed by atoms with Crippen LogP contribution in [0.5, 0.6) is 0 Å². The lowest BCUT2D eigenvalue weighted by atomic mass is 10.0. The van der Waals surface area contributed by atoms with Crippen molar-refractivity contribution in [2.45, 2.75) is 25.3 Å². The molecule has 11 heavy (non-hydrogen) atoms. The zero-order valence-corrected chi connectivity index (χ0v) is 6.58. The molecule has 0 aromatic heterocycles. The van der Waals surface area contributed by atoms with Gasteiger partial charge in [0.25, 0.3) is 0 Å². The standard InChI is InChI=1S/C8H13NO2/c10-8-5-9-4-2-1-3-7(9)6-11-8/h7H,1-6H2/t7-/m1/s1. The fourth-order valence-corrected chi connectivity index (χ4v) is 1.86. The fourth-order valence-electron chi connectivity index (χ4n) is 1.86. The van der Waals surface area contributed by atoms with Gasteiger partial charge in [-0.25, -0.2) is 0 Å². The van der Waals surface area contributed by atoms with E-state index < -0.39 is 0 Å². The van der Waals surface area contributed by atoms with E-state index in [1.807, 2.05) is 0 Å². The predicted octanol–water partition coefficient (Wildman–Crippen LogP) is 0.398. The topological polar surface area (TPSA) is 29.5 Å². The highest BCUT2D eigenvalue weighted by molar-refractivity contribution is 5.72. The fraction of sp³-hybridized carbons (Fsp3) is 0.875. The summed E-state index contributed by atoms with van der Waals surface area (Å²) in [5, 5.41) is 0. The number of ether oxygens (including phenoxy) is 1.